The molecule has 1 amide bonds. The number of carbonyl (C=O) groups excluding carboxylic acids is 1. The van der Waals surface area contributed by atoms with Crippen molar-refractivity contribution >= 4 is 5.91 Å². The lowest BCUT2D eigenvalue weighted by Gasteiger charge is -2.31. The van der Waals surface area contributed by atoms with Crippen molar-refractivity contribution in [1.29, 1.82) is 0 Å². The fraction of sp³-hybridized carbons (Fsp3) is 0.471. The highest BCUT2D eigenvalue weighted by molar-refractivity contribution is 5.76. The van der Waals surface area contributed by atoms with Gasteiger partial charge in [0.15, 0.2) is 11.6 Å². The van der Waals surface area contributed by atoms with E-state index in [1.54, 1.807) is 18.2 Å². The maximum Gasteiger partial charge on any atom is 0.222 e. The zero-order chi connectivity index (χ0) is 16.9. The Labute approximate surface area is 140 Å². The first kappa shape index (κ1) is 16.4. The zero-order valence-electron chi connectivity index (χ0n) is 13.7. The Balaban J connectivity index is 1.59. The van der Waals surface area contributed by atoms with E-state index in [9.17, 15) is 9.18 Å². The van der Waals surface area contributed by atoms with Gasteiger partial charge in [-0.2, -0.15) is 5.10 Å². The number of hydrogen-bond donors (Lipinski definition) is 1. The first-order valence-electron chi connectivity index (χ1n) is 8.13. The first-order chi connectivity index (χ1) is 11.7. The minimum absolute atomic E-state index is 0.0430. The third-order valence-corrected chi connectivity index (χ3v) is 4.47. The maximum atomic E-state index is 14.1. The summed E-state index contributed by atoms with van der Waals surface area (Å²) in [4.78, 5) is 18.5. The minimum Gasteiger partial charge on any atom is -0.494 e. The van der Waals surface area contributed by atoms with Crippen molar-refractivity contribution in [3.8, 4) is 5.75 Å². The Morgan fingerprint density at radius 2 is 2.38 bits per heavy atom. The lowest BCUT2D eigenvalue weighted by molar-refractivity contribution is -0.132. The number of carbonyl (C=O) groups is 1. The largest absolute Gasteiger partial charge is 0.494 e. The summed E-state index contributed by atoms with van der Waals surface area (Å²) in [6.07, 6.45) is 4.06. The molecule has 2 aromatic rings. The molecule has 128 valence electrons. The fourth-order valence-corrected chi connectivity index (χ4v) is 3.15. The van der Waals surface area contributed by atoms with E-state index in [1.165, 1.54) is 13.4 Å². The van der Waals surface area contributed by atoms with Gasteiger partial charge in [0.1, 0.15) is 12.2 Å². The van der Waals surface area contributed by atoms with Crippen molar-refractivity contribution in [2.24, 2.45) is 0 Å². The standard InChI is InChI=1S/C17H21FN4O2/c1-24-14-6-2-4-12(16(14)18)7-8-15(23)22-9-3-5-13(10-22)17-19-11-20-21-17/h2,4,6,11,13H,3,5,7-10H2,1H3,(H,19,20,21). The third-order valence-electron chi connectivity index (χ3n) is 4.47. The van der Waals surface area contributed by atoms with Crippen molar-refractivity contribution in [3.05, 3.63) is 41.7 Å². The minimum atomic E-state index is -0.383. The van der Waals surface area contributed by atoms with Crippen LogP contribution in [0.25, 0.3) is 0 Å². The molecule has 1 N–H and O–H groups in total. The van der Waals surface area contributed by atoms with Crippen LogP contribution in [-0.2, 0) is 11.2 Å². The smallest absolute Gasteiger partial charge is 0.222 e. The molecule has 7 heteroatoms. The Hall–Kier alpha value is -2.44. The maximum absolute atomic E-state index is 14.1. The number of likely N-dealkylation sites (tertiary alicyclic amines) is 1. The molecule has 1 saturated heterocycles. The van der Waals surface area contributed by atoms with Gasteiger partial charge in [-0.25, -0.2) is 9.37 Å². The molecule has 1 unspecified atom stereocenters. The molecule has 3 rings (SSSR count). The van der Waals surface area contributed by atoms with Gasteiger partial charge in [0, 0.05) is 25.4 Å². The first-order valence-corrected chi connectivity index (χ1v) is 8.13. The number of halogens is 1. The predicted octanol–water partition coefficient (Wildman–Crippen LogP) is 2.29. The Morgan fingerprint density at radius 1 is 1.50 bits per heavy atom. The number of amides is 1. The molecule has 1 aromatic carbocycles. The molecule has 0 spiro atoms. The highest BCUT2D eigenvalue weighted by Crippen LogP contribution is 2.25. The number of nitrogens with one attached hydrogen (secondary N) is 1. The van der Waals surface area contributed by atoms with E-state index < -0.39 is 0 Å². The van der Waals surface area contributed by atoms with Gasteiger partial charge < -0.3 is 9.64 Å². The number of aryl methyl sites for hydroxylation is 1. The second-order valence-corrected chi connectivity index (χ2v) is 5.98. The molecule has 2 heterocycles. The number of aromatic nitrogens is 3. The number of piperidine rings is 1. The van der Waals surface area contributed by atoms with Crippen molar-refractivity contribution in [1.82, 2.24) is 20.1 Å². The zero-order valence-corrected chi connectivity index (χ0v) is 13.7. The average molecular weight is 332 g/mol. The lowest BCUT2D eigenvalue weighted by Crippen LogP contribution is -2.39. The molecule has 0 radical (unpaired) electrons. The van der Waals surface area contributed by atoms with Crippen LogP contribution in [0.5, 0.6) is 5.75 Å². The van der Waals surface area contributed by atoms with Crippen LogP contribution in [0.2, 0.25) is 0 Å². The molecular formula is C17H21FN4O2. The van der Waals surface area contributed by atoms with Gasteiger partial charge >= 0.3 is 0 Å². The number of nitrogens with zero attached hydrogens (tertiary/aromatic N) is 3. The van der Waals surface area contributed by atoms with Gasteiger partial charge in [-0.15, -0.1) is 0 Å². The van der Waals surface area contributed by atoms with E-state index in [1.807, 2.05) is 4.90 Å². The number of hydrogen-bond acceptors (Lipinski definition) is 4. The predicted molar refractivity (Wildman–Crippen MR) is 86.2 cm³/mol. The summed E-state index contributed by atoms with van der Waals surface area (Å²) >= 11 is 0. The van der Waals surface area contributed by atoms with Crippen LogP contribution in [-0.4, -0.2) is 46.2 Å². The fourth-order valence-electron chi connectivity index (χ4n) is 3.15. The van der Waals surface area contributed by atoms with E-state index in [2.05, 4.69) is 15.2 Å². The molecule has 1 aromatic heterocycles. The number of rotatable bonds is 5. The normalized spacial score (nSPS) is 17.8. The molecule has 1 atom stereocenters. The highest BCUT2D eigenvalue weighted by Gasteiger charge is 2.26. The molecule has 1 fully saturated rings. The summed E-state index contributed by atoms with van der Waals surface area (Å²) < 4.78 is 19.1. The van der Waals surface area contributed by atoms with Crippen LogP contribution < -0.4 is 4.74 Å². The van der Waals surface area contributed by atoms with Crippen LogP contribution in [0.4, 0.5) is 4.39 Å². The second-order valence-electron chi connectivity index (χ2n) is 5.98. The lowest BCUT2D eigenvalue weighted by atomic mass is 9.97. The van der Waals surface area contributed by atoms with Crippen molar-refractivity contribution in [2.45, 2.75) is 31.6 Å². The number of benzene rings is 1. The van der Waals surface area contributed by atoms with E-state index in [0.29, 0.717) is 18.5 Å². The van der Waals surface area contributed by atoms with Crippen molar-refractivity contribution in [2.75, 3.05) is 20.2 Å². The summed E-state index contributed by atoms with van der Waals surface area (Å²) in [5, 5.41) is 6.76. The van der Waals surface area contributed by atoms with Gasteiger partial charge in [0.05, 0.1) is 7.11 Å². The van der Waals surface area contributed by atoms with Crippen LogP contribution in [0, 0.1) is 5.82 Å². The summed E-state index contributed by atoms with van der Waals surface area (Å²) in [6, 6.07) is 5.01. The SMILES string of the molecule is COc1cccc(CCC(=O)N2CCCC(c3ncn[nH]3)C2)c1F. The van der Waals surface area contributed by atoms with Gasteiger partial charge in [-0.1, -0.05) is 12.1 Å². The molecule has 0 saturated carbocycles. The average Bonchev–Trinajstić information content (AvgIpc) is 3.15. The quantitative estimate of drug-likeness (QED) is 0.912. The Kier molecular flexibility index (Phi) is 5.08. The number of aromatic amines is 1. The van der Waals surface area contributed by atoms with E-state index in [-0.39, 0.29) is 29.8 Å². The molecular weight excluding hydrogens is 311 g/mol. The molecule has 0 aliphatic carbocycles. The molecule has 0 bridgehead atoms. The van der Waals surface area contributed by atoms with Crippen LogP contribution >= 0.6 is 0 Å². The van der Waals surface area contributed by atoms with E-state index >= 15 is 0 Å². The number of H-pyrrole nitrogens is 1. The summed E-state index contributed by atoms with van der Waals surface area (Å²) in [5.41, 5.74) is 0.506. The highest BCUT2D eigenvalue weighted by atomic mass is 19.1. The Bertz CT molecular complexity index is 690. The molecule has 1 aliphatic heterocycles. The second kappa shape index (κ2) is 7.42. The van der Waals surface area contributed by atoms with Gasteiger partial charge in [-0.05, 0) is 30.9 Å². The molecule has 24 heavy (non-hydrogen) atoms. The van der Waals surface area contributed by atoms with Crippen molar-refractivity contribution < 1.29 is 13.9 Å². The summed E-state index contributed by atoms with van der Waals surface area (Å²) in [6.45, 7) is 1.37. The Morgan fingerprint density at radius 3 is 3.12 bits per heavy atom. The summed E-state index contributed by atoms with van der Waals surface area (Å²) in [5.74, 6) is 0.890. The summed E-state index contributed by atoms with van der Waals surface area (Å²) in [7, 11) is 1.44. The van der Waals surface area contributed by atoms with Crippen molar-refractivity contribution in [3.63, 3.8) is 0 Å². The number of methoxy groups -OCH3 is 1. The molecule has 6 nitrogen and oxygen atoms in total. The van der Waals surface area contributed by atoms with Gasteiger partial charge in [-0.3, -0.25) is 9.89 Å². The number of ether oxygens (including phenoxy) is 1. The van der Waals surface area contributed by atoms with Crippen LogP contribution in [0.3, 0.4) is 0 Å². The van der Waals surface area contributed by atoms with Gasteiger partial charge in [0.25, 0.3) is 0 Å². The monoisotopic (exact) mass is 332 g/mol. The van der Waals surface area contributed by atoms with Crippen LogP contribution in [0.15, 0.2) is 24.5 Å². The van der Waals surface area contributed by atoms with Gasteiger partial charge in [0.2, 0.25) is 5.91 Å². The van der Waals surface area contributed by atoms with E-state index in [0.717, 1.165) is 25.2 Å². The topological polar surface area (TPSA) is 71.1 Å². The third kappa shape index (κ3) is 3.55. The molecule has 1 aliphatic rings. The van der Waals surface area contributed by atoms with Crippen LogP contribution in [0.1, 0.15) is 36.6 Å². The van der Waals surface area contributed by atoms with E-state index in [4.69, 9.17) is 4.74 Å².